The van der Waals surface area contributed by atoms with Crippen molar-refractivity contribution in [3.8, 4) is 0 Å². The van der Waals surface area contributed by atoms with Gasteiger partial charge < -0.3 is 16.2 Å². The second kappa shape index (κ2) is 5.75. The number of hydrogen-bond donors (Lipinski definition) is 4. The molecule has 2 aromatic carbocycles. The van der Waals surface area contributed by atoms with Crippen molar-refractivity contribution in [1.82, 2.24) is 0 Å². The molecule has 0 spiro atoms. The molecule has 0 aliphatic heterocycles. The Balaban J connectivity index is 2.12. The molecule has 6 heteroatoms. The highest BCUT2D eigenvalue weighted by atomic mass is 16.4. The van der Waals surface area contributed by atoms with Crippen molar-refractivity contribution >= 4 is 29.1 Å². The Bertz CT molecular complexity index is 638. The average molecular weight is 271 g/mol. The Hall–Kier alpha value is -3.02. The Morgan fingerprint density at radius 1 is 0.950 bits per heavy atom. The summed E-state index contributed by atoms with van der Waals surface area (Å²) < 4.78 is 0. The molecule has 0 unspecified atom stereocenters. The molecular formula is C14H13N3O3. The quantitative estimate of drug-likeness (QED) is 0.644. The fourth-order valence-corrected chi connectivity index (χ4v) is 1.63. The van der Waals surface area contributed by atoms with Crippen LogP contribution in [0.15, 0.2) is 48.5 Å². The second-order valence-corrected chi connectivity index (χ2v) is 4.09. The maximum absolute atomic E-state index is 12.0. The molecule has 0 atom stereocenters. The van der Waals surface area contributed by atoms with E-state index in [2.05, 4.69) is 10.6 Å². The van der Waals surface area contributed by atoms with E-state index in [0.717, 1.165) is 0 Å². The molecule has 2 rings (SSSR count). The van der Waals surface area contributed by atoms with Crippen molar-refractivity contribution in [2.75, 3.05) is 16.4 Å². The van der Waals surface area contributed by atoms with Gasteiger partial charge in [0.2, 0.25) is 0 Å². The van der Waals surface area contributed by atoms with Crippen LogP contribution in [0.25, 0.3) is 0 Å². The second-order valence-electron chi connectivity index (χ2n) is 4.09. The van der Waals surface area contributed by atoms with Crippen molar-refractivity contribution in [2.45, 2.75) is 0 Å². The van der Waals surface area contributed by atoms with Crippen molar-refractivity contribution in [1.29, 1.82) is 0 Å². The zero-order valence-electron chi connectivity index (χ0n) is 10.5. The molecule has 102 valence electrons. The minimum absolute atomic E-state index is 0.330. The molecule has 0 fully saturated rings. The molecule has 2 aromatic rings. The zero-order valence-corrected chi connectivity index (χ0v) is 10.5. The van der Waals surface area contributed by atoms with E-state index in [1.807, 2.05) is 0 Å². The maximum atomic E-state index is 12.0. The molecule has 0 bridgehead atoms. The van der Waals surface area contributed by atoms with Gasteiger partial charge >= 0.3 is 6.09 Å². The molecule has 0 aromatic heterocycles. The third-order valence-electron chi connectivity index (χ3n) is 2.54. The van der Waals surface area contributed by atoms with Gasteiger partial charge in [0.25, 0.3) is 5.91 Å². The molecule has 0 aliphatic carbocycles. The Morgan fingerprint density at radius 2 is 1.65 bits per heavy atom. The van der Waals surface area contributed by atoms with Crippen molar-refractivity contribution in [3.63, 3.8) is 0 Å². The summed E-state index contributed by atoms with van der Waals surface area (Å²) in [5.74, 6) is -0.330. The van der Waals surface area contributed by atoms with E-state index < -0.39 is 6.09 Å². The van der Waals surface area contributed by atoms with Crippen LogP contribution in [-0.4, -0.2) is 17.1 Å². The van der Waals surface area contributed by atoms with Gasteiger partial charge in [-0.3, -0.25) is 10.1 Å². The third-order valence-corrected chi connectivity index (χ3v) is 2.54. The number of nitrogens with one attached hydrogen (secondary N) is 2. The number of carbonyl (C=O) groups is 2. The summed E-state index contributed by atoms with van der Waals surface area (Å²) in [7, 11) is 0. The highest BCUT2D eigenvalue weighted by molar-refractivity contribution is 6.05. The third kappa shape index (κ3) is 3.49. The van der Waals surface area contributed by atoms with E-state index in [9.17, 15) is 9.59 Å². The monoisotopic (exact) mass is 271 g/mol. The molecular weight excluding hydrogens is 258 g/mol. The van der Waals surface area contributed by atoms with Crippen LogP contribution >= 0.6 is 0 Å². The number of nitrogens with two attached hydrogens (primary N) is 1. The lowest BCUT2D eigenvalue weighted by Gasteiger charge is -2.07. The van der Waals surface area contributed by atoms with Gasteiger partial charge in [-0.05, 0) is 42.5 Å². The molecule has 6 nitrogen and oxygen atoms in total. The van der Waals surface area contributed by atoms with E-state index in [1.54, 1.807) is 42.5 Å². The lowest BCUT2D eigenvalue weighted by molar-refractivity contribution is 0.102. The first kappa shape index (κ1) is 13.4. The van der Waals surface area contributed by atoms with E-state index in [0.29, 0.717) is 22.6 Å². The van der Waals surface area contributed by atoms with Crippen molar-refractivity contribution < 1.29 is 14.7 Å². The molecule has 0 aliphatic rings. The highest BCUT2D eigenvalue weighted by Crippen LogP contribution is 2.14. The number of anilines is 3. The average Bonchev–Trinajstić information content (AvgIpc) is 2.41. The Labute approximate surface area is 115 Å². The number of benzene rings is 2. The van der Waals surface area contributed by atoms with Crippen LogP contribution in [0.4, 0.5) is 21.9 Å². The lowest BCUT2D eigenvalue weighted by atomic mass is 10.2. The molecule has 2 amide bonds. The van der Waals surface area contributed by atoms with E-state index in [4.69, 9.17) is 10.8 Å². The predicted octanol–water partition coefficient (Wildman–Crippen LogP) is 2.61. The first-order chi connectivity index (χ1) is 9.54. The molecule has 0 radical (unpaired) electrons. The summed E-state index contributed by atoms with van der Waals surface area (Å²) in [5.41, 5.74) is 7.47. The summed E-state index contributed by atoms with van der Waals surface area (Å²) in [6.45, 7) is 0. The van der Waals surface area contributed by atoms with Gasteiger partial charge in [0.1, 0.15) is 0 Å². The van der Waals surface area contributed by atoms with Gasteiger partial charge in [0.15, 0.2) is 0 Å². The maximum Gasteiger partial charge on any atom is 0.409 e. The summed E-state index contributed by atoms with van der Waals surface area (Å²) in [6, 6.07) is 13.0. The zero-order chi connectivity index (χ0) is 14.5. The number of nitrogen functional groups attached to an aromatic ring is 1. The van der Waals surface area contributed by atoms with Gasteiger partial charge in [0, 0.05) is 22.6 Å². The molecule has 20 heavy (non-hydrogen) atoms. The summed E-state index contributed by atoms with van der Waals surface area (Å²) in [5, 5.41) is 13.5. The molecule has 0 heterocycles. The van der Waals surface area contributed by atoms with Crippen LogP contribution in [0.1, 0.15) is 10.4 Å². The number of carboxylic acid groups (broad SMARTS) is 1. The Kier molecular flexibility index (Phi) is 3.85. The SMILES string of the molecule is Nc1ccc(NC(=O)c2cccc(NC(=O)O)c2)cc1. The largest absolute Gasteiger partial charge is 0.465 e. The fourth-order valence-electron chi connectivity index (χ4n) is 1.63. The molecule has 0 saturated carbocycles. The van der Waals surface area contributed by atoms with Crippen LogP contribution < -0.4 is 16.4 Å². The van der Waals surface area contributed by atoms with Gasteiger partial charge in [0.05, 0.1) is 0 Å². The normalized spacial score (nSPS) is 9.80. The van der Waals surface area contributed by atoms with E-state index >= 15 is 0 Å². The minimum atomic E-state index is -1.18. The lowest BCUT2D eigenvalue weighted by Crippen LogP contribution is -2.13. The minimum Gasteiger partial charge on any atom is -0.465 e. The van der Waals surface area contributed by atoms with Crippen LogP contribution in [0.3, 0.4) is 0 Å². The van der Waals surface area contributed by atoms with E-state index in [1.165, 1.54) is 6.07 Å². The number of carbonyl (C=O) groups excluding carboxylic acids is 1. The first-order valence-electron chi connectivity index (χ1n) is 5.81. The number of amides is 2. The number of hydrogen-bond acceptors (Lipinski definition) is 3. The van der Waals surface area contributed by atoms with Crippen molar-refractivity contribution in [2.24, 2.45) is 0 Å². The summed E-state index contributed by atoms with van der Waals surface area (Å²) in [4.78, 5) is 22.6. The summed E-state index contributed by atoms with van der Waals surface area (Å²) >= 11 is 0. The van der Waals surface area contributed by atoms with Gasteiger partial charge in [-0.25, -0.2) is 4.79 Å². The van der Waals surface area contributed by atoms with Crippen LogP contribution in [-0.2, 0) is 0 Å². The number of rotatable bonds is 3. The standard InChI is InChI=1S/C14H13N3O3/c15-10-4-6-11(7-5-10)16-13(18)9-2-1-3-12(8-9)17-14(19)20/h1-8,17H,15H2,(H,16,18)(H,19,20). The first-order valence-corrected chi connectivity index (χ1v) is 5.81. The topological polar surface area (TPSA) is 104 Å². The summed E-state index contributed by atoms with van der Waals surface area (Å²) in [6.07, 6.45) is -1.18. The predicted molar refractivity (Wildman–Crippen MR) is 76.9 cm³/mol. The van der Waals surface area contributed by atoms with Gasteiger partial charge in [-0.15, -0.1) is 0 Å². The van der Waals surface area contributed by atoms with Crippen molar-refractivity contribution in [3.05, 3.63) is 54.1 Å². The van der Waals surface area contributed by atoms with Crippen LogP contribution in [0.2, 0.25) is 0 Å². The van der Waals surface area contributed by atoms with Crippen LogP contribution in [0, 0.1) is 0 Å². The fraction of sp³-hybridized carbons (Fsp3) is 0. The highest BCUT2D eigenvalue weighted by Gasteiger charge is 2.07. The van der Waals surface area contributed by atoms with E-state index in [-0.39, 0.29) is 5.91 Å². The van der Waals surface area contributed by atoms with Gasteiger partial charge in [-0.1, -0.05) is 6.07 Å². The Morgan fingerprint density at radius 3 is 2.30 bits per heavy atom. The molecule has 0 saturated heterocycles. The molecule has 5 N–H and O–H groups in total. The smallest absolute Gasteiger partial charge is 0.409 e. The van der Waals surface area contributed by atoms with Gasteiger partial charge in [-0.2, -0.15) is 0 Å². The van der Waals surface area contributed by atoms with Crippen LogP contribution in [0.5, 0.6) is 0 Å².